The molecule has 1 unspecified atom stereocenters. The van der Waals surface area contributed by atoms with Crippen molar-refractivity contribution in [3.05, 3.63) is 63.2 Å². The molecule has 0 amide bonds. The largest absolute Gasteiger partial charge is 0.306 e. The van der Waals surface area contributed by atoms with E-state index in [1.54, 1.807) is 12.1 Å². The number of nitrogens with one attached hydrogen (secondary N) is 1. The van der Waals surface area contributed by atoms with Gasteiger partial charge >= 0.3 is 0 Å². The fourth-order valence-electron chi connectivity index (χ4n) is 2.71. The number of aromatic nitrogens is 1. The summed E-state index contributed by atoms with van der Waals surface area (Å²) in [6.45, 7) is 8.88. The fraction of sp³-hybridized carbons (Fsp3) is 0.353. The fourth-order valence-corrected chi connectivity index (χ4v) is 2.91. The maximum absolute atomic E-state index is 13.1. The Morgan fingerprint density at radius 3 is 2.57 bits per heavy atom. The summed E-state index contributed by atoms with van der Waals surface area (Å²) in [5, 5.41) is 3.60. The van der Waals surface area contributed by atoms with Crippen molar-refractivity contribution >= 4 is 11.6 Å². The predicted octanol–water partition coefficient (Wildman–Crippen LogP) is 4.65. The van der Waals surface area contributed by atoms with Crippen LogP contribution >= 0.6 is 11.6 Å². The molecule has 0 fully saturated rings. The molecule has 21 heavy (non-hydrogen) atoms. The summed E-state index contributed by atoms with van der Waals surface area (Å²) in [6.07, 6.45) is 0. The summed E-state index contributed by atoms with van der Waals surface area (Å²) in [5.41, 5.74) is 5.49. The minimum absolute atomic E-state index is 0.159. The van der Waals surface area contributed by atoms with Crippen molar-refractivity contribution in [3.8, 4) is 0 Å². The van der Waals surface area contributed by atoms with E-state index in [9.17, 15) is 4.39 Å². The first-order valence-corrected chi connectivity index (χ1v) is 7.38. The zero-order chi connectivity index (χ0) is 15.6. The van der Waals surface area contributed by atoms with Gasteiger partial charge in [0.05, 0.1) is 5.02 Å². The molecule has 0 saturated heterocycles. The number of benzene rings is 1. The van der Waals surface area contributed by atoms with Crippen LogP contribution in [0, 0.1) is 26.6 Å². The Kier molecular flexibility index (Phi) is 4.96. The number of aryl methyl sites for hydroxylation is 3. The molecule has 2 rings (SSSR count). The number of hydrogen-bond donors (Lipinski definition) is 1. The zero-order valence-corrected chi connectivity index (χ0v) is 13.6. The molecule has 0 radical (unpaired) electrons. The summed E-state index contributed by atoms with van der Waals surface area (Å²) in [6, 6.07) is 7.06. The minimum Gasteiger partial charge on any atom is -0.306 e. The number of halogens is 2. The Bertz CT molecular complexity index is 632. The van der Waals surface area contributed by atoms with Gasteiger partial charge < -0.3 is 5.32 Å². The average Bonchev–Trinajstić information content (AvgIpc) is 2.39. The first-order chi connectivity index (χ1) is 9.88. The number of nitrogens with zero attached hydrogens (tertiary/aromatic N) is 1. The Morgan fingerprint density at radius 2 is 1.95 bits per heavy atom. The van der Waals surface area contributed by atoms with Gasteiger partial charge in [-0.15, -0.1) is 0 Å². The molecular formula is C17H20ClFN2. The highest BCUT2D eigenvalue weighted by Gasteiger charge is 2.13. The van der Waals surface area contributed by atoms with Gasteiger partial charge in [0, 0.05) is 24.0 Å². The molecule has 2 aromatic rings. The molecule has 0 aliphatic heterocycles. The van der Waals surface area contributed by atoms with Crippen LogP contribution in [0.15, 0.2) is 24.3 Å². The van der Waals surface area contributed by atoms with Gasteiger partial charge in [-0.25, -0.2) is 4.39 Å². The van der Waals surface area contributed by atoms with Crippen molar-refractivity contribution in [2.75, 3.05) is 0 Å². The highest BCUT2D eigenvalue weighted by Crippen LogP contribution is 2.22. The van der Waals surface area contributed by atoms with Crippen LogP contribution in [-0.2, 0) is 6.54 Å². The van der Waals surface area contributed by atoms with E-state index in [0.717, 1.165) is 17.0 Å². The van der Waals surface area contributed by atoms with Crippen molar-refractivity contribution in [1.29, 1.82) is 0 Å². The molecule has 0 bridgehead atoms. The maximum Gasteiger partial charge on any atom is 0.141 e. The molecule has 1 aromatic heterocycles. The average molecular weight is 307 g/mol. The SMILES string of the molecule is Cc1cc(C)c(C(C)NCc2ccc(F)c(Cl)c2)c(C)n1. The third-order valence-electron chi connectivity index (χ3n) is 3.61. The van der Waals surface area contributed by atoms with Crippen LogP contribution in [0.4, 0.5) is 4.39 Å². The van der Waals surface area contributed by atoms with Crippen LogP contribution in [0.5, 0.6) is 0 Å². The Hall–Kier alpha value is -1.45. The molecular weight excluding hydrogens is 287 g/mol. The van der Waals surface area contributed by atoms with Crippen molar-refractivity contribution in [2.24, 2.45) is 0 Å². The second-order valence-corrected chi connectivity index (χ2v) is 5.84. The van der Waals surface area contributed by atoms with Gasteiger partial charge in [-0.2, -0.15) is 0 Å². The number of pyridine rings is 1. The van der Waals surface area contributed by atoms with Gasteiger partial charge in [-0.05, 0) is 62.6 Å². The van der Waals surface area contributed by atoms with Crippen LogP contribution in [0.25, 0.3) is 0 Å². The summed E-state index contributed by atoms with van der Waals surface area (Å²) in [4.78, 5) is 4.53. The first-order valence-electron chi connectivity index (χ1n) is 7.00. The molecule has 1 aromatic carbocycles. The lowest BCUT2D eigenvalue weighted by atomic mass is 10.00. The predicted molar refractivity (Wildman–Crippen MR) is 85.1 cm³/mol. The molecule has 1 N–H and O–H groups in total. The Balaban J connectivity index is 2.11. The van der Waals surface area contributed by atoms with E-state index in [-0.39, 0.29) is 16.9 Å². The van der Waals surface area contributed by atoms with Crippen LogP contribution in [0.3, 0.4) is 0 Å². The Labute approximate surface area is 130 Å². The summed E-state index contributed by atoms with van der Waals surface area (Å²) in [7, 11) is 0. The van der Waals surface area contributed by atoms with Crippen LogP contribution in [0.2, 0.25) is 5.02 Å². The second kappa shape index (κ2) is 6.54. The molecule has 0 aliphatic rings. The lowest BCUT2D eigenvalue weighted by Gasteiger charge is -2.19. The van der Waals surface area contributed by atoms with Gasteiger partial charge in [0.15, 0.2) is 0 Å². The summed E-state index contributed by atoms with van der Waals surface area (Å²) >= 11 is 5.80. The van der Waals surface area contributed by atoms with Crippen LogP contribution in [-0.4, -0.2) is 4.98 Å². The summed E-state index contributed by atoms with van der Waals surface area (Å²) < 4.78 is 13.1. The highest BCUT2D eigenvalue weighted by molar-refractivity contribution is 6.30. The summed E-state index contributed by atoms with van der Waals surface area (Å²) in [5.74, 6) is -0.386. The van der Waals surface area contributed by atoms with Crippen molar-refractivity contribution < 1.29 is 4.39 Å². The van der Waals surface area contributed by atoms with E-state index in [1.807, 2.05) is 13.8 Å². The molecule has 4 heteroatoms. The molecule has 2 nitrogen and oxygen atoms in total. The van der Waals surface area contributed by atoms with Gasteiger partial charge in [0.1, 0.15) is 5.82 Å². The third-order valence-corrected chi connectivity index (χ3v) is 3.90. The number of rotatable bonds is 4. The second-order valence-electron chi connectivity index (χ2n) is 5.43. The molecule has 0 spiro atoms. The van der Waals surface area contributed by atoms with E-state index >= 15 is 0 Å². The first kappa shape index (κ1) is 15.9. The normalized spacial score (nSPS) is 12.5. The zero-order valence-electron chi connectivity index (χ0n) is 12.8. The molecule has 1 heterocycles. The van der Waals surface area contributed by atoms with Crippen molar-refractivity contribution in [2.45, 2.75) is 40.3 Å². The van der Waals surface area contributed by atoms with Crippen molar-refractivity contribution in [1.82, 2.24) is 10.3 Å². The third kappa shape index (κ3) is 3.80. The lowest BCUT2D eigenvalue weighted by molar-refractivity contribution is 0.565. The minimum atomic E-state index is -0.386. The van der Waals surface area contributed by atoms with Gasteiger partial charge in [-0.3, -0.25) is 4.98 Å². The molecule has 112 valence electrons. The van der Waals surface area contributed by atoms with Gasteiger partial charge in [-0.1, -0.05) is 17.7 Å². The monoisotopic (exact) mass is 306 g/mol. The van der Waals surface area contributed by atoms with E-state index in [1.165, 1.54) is 17.2 Å². The number of hydrogen-bond acceptors (Lipinski definition) is 2. The quantitative estimate of drug-likeness (QED) is 0.889. The molecule has 0 saturated carbocycles. The maximum atomic E-state index is 13.1. The van der Waals surface area contributed by atoms with Crippen LogP contribution < -0.4 is 5.32 Å². The van der Waals surface area contributed by atoms with E-state index in [0.29, 0.717) is 6.54 Å². The van der Waals surface area contributed by atoms with Gasteiger partial charge in [0.2, 0.25) is 0 Å². The van der Waals surface area contributed by atoms with E-state index in [4.69, 9.17) is 11.6 Å². The molecule has 1 atom stereocenters. The van der Waals surface area contributed by atoms with Gasteiger partial charge in [0.25, 0.3) is 0 Å². The molecule has 0 aliphatic carbocycles. The lowest BCUT2D eigenvalue weighted by Crippen LogP contribution is -2.20. The smallest absolute Gasteiger partial charge is 0.141 e. The topological polar surface area (TPSA) is 24.9 Å². The Morgan fingerprint density at radius 1 is 1.24 bits per heavy atom. The van der Waals surface area contributed by atoms with Crippen LogP contribution in [0.1, 0.15) is 41.0 Å². The standard InChI is InChI=1S/C17H20ClFN2/c1-10-7-11(2)21-13(4)17(10)12(3)20-9-14-5-6-16(19)15(18)8-14/h5-8,12,20H,9H2,1-4H3. The highest BCUT2D eigenvalue weighted by atomic mass is 35.5. The van der Waals surface area contributed by atoms with E-state index < -0.39 is 0 Å². The van der Waals surface area contributed by atoms with E-state index in [2.05, 4.69) is 30.2 Å². The van der Waals surface area contributed by atoms with Crippen molar-refractivity contribution in [3.63, 3.8) is 0 Å².